The Morgan fingerprint density at radius 2 is 2.16 bits per heavy atom. The van der Waals surface area contributed by atoms with E-state index in [0.717, 1.165) is 23.3 Å². The number of hydrogen-bond donors (Lipinski definition) is 2. The molecular formula is C21H25ClN2O. The second-order valence-corrected chi connectivity index (χ2v) is 6.98. The highest BCUT2D eigenvalue weighted by molar-refractivity contribution is 6.31. The van der Waals surface area contributed by atoms with Crippen LogP contribution in [0.2, 0.25) is 0 Å². The first-order valence-electron chi connectivity index (χ1n) is 8.37. The average Bonchev–Trinajstić information content (AvgIpc) is 2.74. The molecule has 2 aliphatic rings. The van der Waals surface area contributed by atoms with Gasteiger partial charge in [-0.15, -0.1) is 0 Å². The minimum Gasteiger partial charge on any atom is -0.370 e. The number of amides is 1. The Balaban J connectivity index is 2.07. The van der Waals surface area contributed by atoms with Gasteiger partial charge in [0.2, 0.25) is 5.91 Å². The van der Waals surface area contributed by atoms with E-state index in [1.165, 1.54) is 0 Å². The van der Waals surface area contributed by atoms with Crippen LogP contribution in [0.3, 0.4) is 0 Å². The second kappa shape index (κ2) is 8.21. The molecule has 4 heteroatoms. The number of halogens is 1. The van der Waals surface area contributed by atoms with Gasteiger partial charge in [0.05, 0.1) is 5.54 Å². The van der Waals surface area contributed by atoms with Gasteiger partial charge in [0.1, 0.15) is 6.04 Å². The molecule has 0 saturated carbocycles. The molecule has 0 aromatic carbocycles. The van der Waals surface area contributed by atoms with Crippen LogP contribution < -0.4 is 10.6 Å². The minimum absolute atomic E-state index is 0.0925. The van der Waals surface area contributed by atoms with E-state index in [2.05, 4.69) is 17.2 Å². The molecule has 0 saturated heterocycles. The average molecular weight is 357 g/mol. The molecule has 0 fully saturated rings. The third-order valence-corrected chi connectivity index (χ3v) is 4.40. The highest BCUT2D eigenvalue weighted by Gasteiger charge is 2.28. The molecule has 1 atom stereocenters. The second-order valence-electron chi connectivity index (χ2n) is 6.55. The van der Waals surface area contributed by atoms with Gasteiger partial charge in [-0.25, -0.2) is 0 Å². The molecule has 3 nitrogen and oxygen atoms in total. The fraction of sp³-hybridized carbons (Fsp3) is 0.286. The number of allylic oxidation sites excluding steroid dienone is 8. The van der Waals surface area contributed by atoms with Gasteiger partial charge in [-0.2, -0.15) is 0 Å². The van der Waals surface area contributed by atoms with Crippen molar-refractivity contribution >= 4 is 17.5 Å². The quantitative estimate of drug-likeness (QED) is 0.715. The summed E-state index contributed by atoms with van der Waals surface area (Å²) < 4.78 is 0. The Morgan fingerprint density at radius 3 is 2.88 bits per heavy atom. The summed E-state index contributed by atoms with van der Waals surface area (Å²) in [6.45, 7) is 9.91. The minimum atomic E-state index is -0.538. The molecule has 1 aliphatic carbocycles. The van der Waals surface area contributed by atoms with Crippen LogP contribution >= 0.6 is 11.6 Å². The molecule has 2 rings (SSSR count). The standard InChI is InChI=1S/C21H25ClN2O/c1-5-6-7-9-15(2)21(3,4)24-20(25)19-13-12-16-14-17(22)10-8-11-18(16)23-19/h5-7,9-14,19,23H,2,8H2,1,3-4H3,(H,24,25)/b6-5-,9-7-. The number of carbonyl (C=O) groups is 1. The lowest BCUT2D eigenvalue weighted by Crippen LogP contribution is -2.52. The van der Waals surface area contributed by atoms with Crippen LogP contribution in [0.25, 0.3) is 0 Å². The van der Waals surface area contributed by atoms with Gasteiger partial charge in [-0.1, -0.05) is 66.8 Å². The van der Waals surface area contributed by atoms with Crippen molar-refractivity contribution in [2.45, 2.75) is 38.8 Å². The molecule has 0 bridgehead atoms. The molecule has 0 aromatic heterocycles. The van der Waals surface area contributed by atoms with Gasteiger partial charge >= 0.3 is 0 Å². The first-order valence-corrected chi connectivity index (χ1v) is 8.74. The third-order valence-electron chi connectivity index (χ3n) is 4.14. The van der Waals surface area contributed by atoms with Crippen LogP contribution in [0.15, 0.2) is 83.1 Å². The lowest BCUT2D eigenvalue weighted by molar-refractivity contribution is -0.123. The molecule has 1 aliphatic heterocycles. The van der Waals surface area contributed by atoms with Crippen LogP contribution in [-0.2, 0) is 4.79 Å². The van der Waals surface area contributed by atoms with E-state index < -0.39 is 11.6 Å². The summed E-state index contributed by atoms with van der Waals surface area (Å²) in [4.78, 5) is 12.7. The summed E-state index contributed by atoms with van der Waals surface area (Å²) in [6, 6.07) is -0.424. The predicted octanol–water partition coefficient (Wildman–Crippen LogP) is 4.43. The molecule has 132 valence electrons. The van der Waals surface area contributed by atoms with Crippen molar-refractivity contribution in [1.82, 2.24) is 10.6 Å². The van der Waals surface area contributed by atoms with Gasteiger partial charge in [-0.3, -0.25) is 4.79 Å². The molecule has 25 heavy (non-hydrogen) atoms. The van der Waals surface area contributed by atoms with Gasteiger partial charge in [0, 0.05) is 10.7 Å². The number of carbonyl (C=O) groups excluding carboxylic acids is 1. The van der Waals surface area contributed by atoms with Crippen LogP contribution in [0.1, 0.15) is 27.2 Å². The maximum atomic E-state index is 12.7. The van der Waals surface area contributed by atoms with Crippen LogP contribution in [0.4, 0.5) is 0 Å². The lowest BCUT2D eigenvalue weighted by atomic mass is 9.94. The zero-order valence-electron chi connectivity index (χ0n) is 15.0. The van der Waals surface area contributed by atoms with Gasteiger partial charge in [0.15, 0.2) is 0 Å². The number of hydrogen-bond acceptors (Lipinski definition) is 2. The van der Waals surface area contributed by atoms with E-state index in [1.807, 2.05) is 75.5 Å². The maximum Gasteiger partial charge on any atom is 0.247 e. The smallest absolute Gasteiger partial charge is 0.247 e. The molecule has 0 spiro atoms. The molecule has 2 N–H and O–H groups in total. The van der Waals surface area contributed by atoms with Gasteiger partial charge in [-0.05, 0) is 44.4 Å². The summed E-state index contributed by atoms with van der Waals surface area (Å²) in [7, 11) is 0. The SMILES string of the molecule is C=C(/C=C\C=C/C)C(C)(C)NC(=O)C1C=CC2=CC(Cl)=CCC=C2N1. The number of rotatable bonds is 5. The van der Waals surface area contributed by atoms with Crippen LogP contribution in [-0.4, -0.2) is 17.5 Å². The summed E-state index contributed by atoms with van der Waals surface area (Å²) in [5, 5.41) is 7.04. The monoisotopic (exact) mass is 356 g/mol. The Morgan fingerprint density at radius 1 is 1.40 bits per heavy atom. The summed E-state index contributed by atoms with van der Waals surface area (Å²) in [5.41, 5.74) is 2.22. The van der Waals surface area contributed by atoms with Crippen LogP contribution in [0, 0.1) is 0 Å². The van der Waals surface area contributed by atoms with Crippen molar-refractivity contribution in [2.24, 2.45) is 0 Å². The molecule has 1 unspecified atom stereocenters. The molecule has 0 radical (unpaired) electrons. The fourth-order valence-corrected chi connectivity index (χ4v) is 2.70. The Labute approximate surface area is 155 Å². The molecular weight excluding hydrogens is 332 g/mol. The predicted molar refractivity (Wildman–Crippen MR) is 106 cm³/mol. The number of nitrogens with one attached hydrogen (secondary N) is 2. The summed E-state index contributed by atoms with van der Waals surface area (Å²) >= 11 is 6.10. The topological polar surface area (TPSA) is 41.1 Å². The van der Waals surface area contributed by atoms with E-state index in [-0.39, 0.29) is 5.91 Å². The summed E-state index contributed by atoms with van der Waals surface area (Å²) in [6.07, 6.45) is 18.1. The van der Waals surface area contributed by atoms with E-state index in [1.54, 1.807) is 0 Å². The van der Waals surface area contributed by atoms with E-state index in [4.69, 9.17) is 11.6 Å². The zero-order chi connectivity index (χ0) is 18.4. The first kappa shape index (κ1) is 19.1. The highest BCUT2D eigenvalue weighted by atomic mass is 35.5. The van der Waals surface area contributed by atoms with Crippen molar-refractivity contribution in [1.29, 1.82) is 0 Å². The Bertz CT molecular complexity index is 733. The Kier molecular flexibility index (Phi) is 6.27. The number of fused-ring (bicyclic) bond motifs is 1. The normalized spacial score (nSPS) is 20.3. The Hall–Kier alpha value is -2.26. The van der Waals surface area contributed by atoms with Crippen molar-refractivity contribution in [3.63, 3.8) is 0 Å². The van der Waals surface area contributed by atoms with Crippen molar-refractivity contribution in [2.75, 3.05) is 0 Å². The van der Waals surface area contributed by atoms with Gasteiger partial charge < -0.3 is 10.6 Å². The van der Waals surface area contributed by atoms with Crippen molar-refractivity contribution in [3.8, 4) is 0 Å². The zero-order valence-corrected chi connectivity index (χ0v) is 15.7. The van der Waals surface area contributed by atoms with Crippen LogP contribution in [0.5, 0.6) is 0 Å². The van der Waals surface area contributed by atoms with E-state index in [9.17, 15) is 4.79 Å². The largest absolute Gasteiger partial charge is 0.370 e. The highest BCUT2D eigenvalue weighted by Crippen LogP contribution is 2.24. The molecule has 1 heterocycles. The van der Waals surface area contributed by atoms with Gasteiger partial charge in [0.25, 0.3) is 0 Å². The third kappa shape index (κ3) is 5.10. The molecule has 0 aromatic rings. The van der Waals surface area contributed by atoms with Crippen molar-refractivity contribution < 1.29 is 4.79 Å². The van der Waals surface area contributed by atoms with E-state index >= 15 is 0 Å². The summed E-state index contributed by atoms with van der Waals surface area (Å²) in [5.74, 6) is -0.0925. The van der Waals surface area contributed by atoms with Crippen molar-refractivity contribution in [3.05, 3.63) is 83.1 Å². The lowest BCUT2D eigenvalue weighted by Gasteiger charge is -2.31. The first-order chi connectivity index (χ1) is 11.8. The fourth-order valence-electron chi connectivity index (χ4n) is 2.50. The molecule has 1 amide bonds. The van der Waals surface area contributed by atoms with E-state index in [0.29, 0.717) is 5.03 Å². The maximum absolute atomic E-state index is 12.7.